The van der Waals surface area contributed by atoms with Gasteiger partial charge in [0.1, 0.15) is 0 Å². The van der Waals surface area contributed by atoms with Crippen LogP contribution in [0.2, 0.25) is 0 Å². The Balaban J connectivity index is 3.46. The van der Waals surface area contributed by atoms with E-state index in [0.29, 0.717) is 14.4 Å². The van der Waals surface area contributed by atoms with E-state index >= 15 is 0 Å². The molecule has 0 amide bonds. The average molecular weight is 131 g/mol. The highest BCUT2D eigenvalue weighted by atomic mass is 31.1. The van der Waals surface area contributed by atoms with Crippen LogP contribution in [0.3, 0.4) is 0 Å². The molecule has 0 radical (unpaired) electrons. The maximum atomic E-state index is 5.42. The van der Waals surface area contributed by atoms with E-state index in [-0.39, 0.29) is 0 Å². The van der Waals surface area contributed by atoms with E-state index in [1.807, 2.05) is 0 Å². The minimum atomic E-state index is 0.519. The van der Waals surface area contributed by atoms with E-state index in [2.05, 4.69) is 20.4 Å². The van der Waals surface area contributed by atoms with Gasteiger partial charge in [0.05, 0.1) is 0 Å². The molecule has 0 aliphatic heterocycles. The quantitative estimate of drug-likeness (QED) is 0.459. The Hall–Kier alpha value is 0.130. The zero-order valence-corrected chi connectivity index (χ0v) is 6.57. The van der Waals surface area contributed by atoms with Crippen LogP contribution in [0.15, 0.2) is 12.2 Å². The molecule has 0 aliphatic rings. The van der Waals surface area contributed by atoms with Gasteiger partial charge in [0.2, 0.25) is 0 Å². The SMILES string of the molecule is C=C(CC)C(C)PN. The summed E-state index contributed by atoms with van der Waals surface area (Å²) in [6, 6.07) is 0. The molecule has 0 spiro atoms. The lowest BCUT2D eigenvalue weighted by atomic mass is 10.2. The van der Waals surface area contributed by atoms with Crippen LogP contribution in [0, 0.1) is 0 Å². The van der Waals surface area contributed by atoms with Crippen molar-refractivity contribution in [2.75, 3.05) is 0 Å². The molecule has 0 fully saturated rings. The van der Waals surface area contributed by atoms with Gasteiger partial charge in [0.15, 0.2) is 0 Å². The fourth-order valence-corrected chi connectivity index (χ4v) is 0.864. The van der Waals surface area contributed by atoms with Gasteiger partial charge in [-0.25, -0.2) is 0 Å². The minimum absolute atomic E-state index is 0.519. The first-order chi connectivity index (χ1) is 3.72. The average Bonchev–Trinajstić information content (AvgIpc) is 1.84. The van der Waals surface area contributed by atoms with Gasteiger partial charge >= 0.3 is 0 Å². The van der Waals surface area contributed by atoms with Crippen LogP contribution in [0.25, 0.3) is 0 Å². The molecule has 0 saturated carbocycles. The molecule has 0 bridgehead atoms. The monoisotopic (exact) mass is 131 g/mol. The predicted molar refractivity (Wildman–Crippen MR) is 41.4 cm³/mol. The fourth-order valence-electron chi connectivity index (χ4n) is 0.424. The van der Waals surface area contributed by atoms with Crippen molar-refractivity contribution in [1.82, 2.24) is 0 Å². The van der Waals surface area contributed by atoms with Gasteiger partial charge in [-0.2, -0.15) is 0 Å². The van der Waals surface area contributed by atoms with E-state index < -0.39 is 0 Å². The lowest BCUT2D eigenvalue weighted by Crippen LogP contribution is -1.99. The molecule has 2 N–H and O–H groups in total. The molecule has 0 rings (SSSR count). The first-order valence-electron chi connectivity index (χ1n) is 2.86. The molecule has 2 atom stereocenters. The maximum absolute atomic E-state index is 5.42. The van der Waals surface area contributed by atoms with Gasteiger partial charge < -0.3 is 5.50 Å². The summed E-state index contributed by atoms with van der Waals surface area (Å²) in [5.74, 6) is 0. The van der Waals surface area contributed by atoms with Gasteiger partial charge in [-0.3, -0.25) is 0 Å². The van der Waals surface area contributed by atoms with Crippen LogP contribution in [-0.2, 0) is 0 Å². The fraction of sp³-hybridized carbons (Fsp3) is 0.667. The molecule has 0 aromatic carbocycles. The lowest BCUT2D eigenvalue weighted by Gasteiger charge is -2.08. The van der Waals surface area contributed by atoms with Crippen LogP contribution in [0.5, 0.6) is 0 Å². The van der Waals surface area contributed by atoms with E-state index in [4.69, 9.17) is 5.50 Å². The standard InChI is InChI=1S/C6H14NP/c1-4-5(2)6(3)8-7/h6,8H,2,4,7H2,1,3H3. The molecule has 0 heterocycles. The summed E-state index contributed by atoms with van der Waals surface area (Å²) < 4.78 is 0. The van der Waals surface area contributed by atoms with Gasteiger partial charge in [-0.1, -0.05) is 26.0 Å². The Labute approximate surface area is 53.2 Å². The van der Waals surface area contributed by atoms with Crippen molar-refractivity contribution < 1.29 is 0 Å². The normalized spacial score (nSPS) is 14.9. The molecule has 1 nitrogen and oxygen atoms in total. The predicted octanol–water partition coefficient (Wildman–Crippen LogP) is 1.89. The second kappa shape index (κ2) is 4.05. The molecule has 2 heteroatoms. The summed E-state index contributed by atoms with van der Waals surface area (Å²) in [6.07, 6.45) is 1.06. The molecular formula is C6H14NP. The molecule has 0 aliphatic carbocycles. The summed E-state index contributed by atoms with van der Waals surface area (Å²) in [5, 5.41) is 0. The summed E-state index contributed by atoms with van der Waals surface area (Å²) in [7, 11) is 0.519. The smallest absolute Gasteiger partial charge is 0.00702 e. The van der Waals surface area contributed by atoms with Crippen molar-refractivity contribution in [1.29, 1.82) is 0 Å². The number of allylic oxidation sites excluding steroid dienone is 1. The van der Waals surface area contributed by atoms with E-state index in [1.54, 1.807) is 0 Å². The first-order valence-corrected chi connectivity index (χ1v) is 4.01. The van der Waals surface area contributed by atoms with Gasteiger partial charge in [-0.15, -0.1) is 0 Å². The Bertz CT molecular complexity index is 80.6. The zero-order valence-electron chi connectivity index (χ0n) is 5.57. The minimum Gasteiger partial charge on any atom is -0.312 e. The third-order valence-electron chi connectivity index (χ3n) is 1.32. The molecular weight excluding hydrogens is 117 g/mol. The second-order valence-electron chi connectivity index (χ2n) is 1.90. The van der Waals surface area contributed by atoms with Crippen molar-refractivity contribution in [2.45, 2.75) is 25.9 Å². The van der Waals surface area contributed by atoms with Gasteiger partial charge in [0, 0.05) is 5.66 Å². The van der Waals surface area contributed by atoms with Crippen LogP contribution in [0.4, 0.5) is 0 Å². The summed E-state index contributed by atoms with van der Waals surface area (Å²) in [4.78, 5) is 0. The maximum Gasteiger partial charge on any atom is 0.00702 e. The van der Waals surface area contributed by atoms with Crippen LogP contribution < -0.4 is 5.50 Å². The lowest BCUT2D eigenvalue weighted by molar-refractivity contribution is 0.995. The molecule has 8 heavy (non-hydrogen) atoms. The summed E-state index contributed by atoms with van der Waals surface area (Å²) in [6.45, 7) is 8.10. The highest BCUT2D eigenvalue weighted by Crippen LogP contribution is 2.18. The molecule has 48 valence electrons. The number of rotatable bonds is 3. The van der Waals surface area contributed by atoms with E-state index in [1.165, 1.54) is 5.57 Å². The Morgan fingerprint density at radius 2 is 2.38 bits per heavy atom. The van der Waals surface area contributed by atoms with Crippen LogP contribution >= 0.6 is 8.73 Å². The summed E-state index contributed by atoms with van der Waals surface area (Å²) in [5.41, 5.74) is 7.21. The third kappa shape index (κ3) is 2.44. The molecule has 2 unspecified atom stereocenters. The zero-order chi connectivity index (χ0) is 6.57. The van der Waals surface area contributed by atoms with Crippen molar-refractivity contribution >= 4 is 8.73 Å². The summed E-state index contributed by atoms with van der Waals surface area (Å²) >= 11 is 0. The first kappa shape index (κ1) is 8.13. The van der Waals surface area contributed by atoms with E-state index in [0.717, 1.165) is 6.42 Å². The van der Waals surface area contributed by atoms with E-state index in [9.17, 15) is 0 Å². The number of hydrogen-bond acceptors (Lipinski definition) is 1. The van der Waals surface area contributed by atoms with Gasteiger partial charge in [0.25, 0.3) is 0 Å². The van der Waals surface area contributed by atoms with Crippen molar-refractivity contribution in [3.05, 3.63) is 12.2 Å². The highest BCUT2D eigenvalue weighted by Gasteiger charge is 1.99. The third-order valence-corrected chi connectivity index (χ3v) is 2.22. The van der Waals surface area contributed by atoms with Crippen LogP contribution in [-0.4, -0.2) is 5.66 Å². The molecule has 0 aromatic rings. The highest BCUT2D eigenvalue weighted by molar-refractivity contribution is 7.36. The van der Waals surface area contributed by atoms with Crippen molar-refractivity contribution in [3.8, 4) is 0 Å². The van der Waals surface area contributed by atoms with Gasteiger partial charge in [-0.05, 0) is 15.2 Å². The van der Waals surface area contributed by atoms with Crippen LogP contribution in [0.1, 0.15) is 20.3 Å². The number of hydrogen-bond donors (Lipinski definition) is 1. The topological polar surface area (TPSA) is 26.0 Å². The number of nitrogens with two attached hydrogens (primary N) is 1. The molecule has 0 aromatic heterocycles. The Kier molecular flexibility index (Phi) is 4.12. The molecule has 0 saturated heterocycles. The Morgan fingerprint density at radius 3 is 2.50 bits per heavy atom. The second-order valence-corrected chi connectivity index (χ2v) is 3.10. The van der Waals surface area contributed by atoms with Crippen molar-refractivity contribution in [2.24, 2.45) is 5.50 Å². The largest absolute Gasteiger partial charge is 0.312 e. The van der Waals surface area contributed by atoms with Crippen molar-refractivity contribution in [3.63, 3.8) is 0 Å². The Morgan fingerprint density at radius 1 is 1.88 bits per heavy atom.